The van der Waals surface area contributed by atoms with E-state index in [1.54, 1.807) is 6.20 Å². The molecule has 0 bridgehead atoms. The molecule has 1 heterocycles. The number of hydrogen-bond donors (Lipinski definition) is 0. The maximum atomic E-state index is 5.95. The Morgan fingerprint density at radius 3 is 2.68 bits per heavy atom. The van der Waals surface area contributed by atoms with Crippen molar-refractivity contribution in [2.45, 2.75) is 19.3 Å². The van der Waals surface area contributed by atoms with Gasteiger partial charge in [0.15, 0.2) is 0 Å². The molecule has 1 aromatic heterocycles. The second-order valence-corrected chi connectivity index (χ2v) is 5.47. The van der Waals surface area contributed by atoms with Crippen LogP contribution in [0.4, 0.5) is 5.82 Å². The largest absolute Gasteiger partial charge is 0.355 e. The molecule has 0 unspecified atom stereocenters. The van der Waals surface area contributed by atoms with Gasteiger partial charge in [-0.05, 0) is 18.6 Å². The second kappa shape index (κ2) is 6.35. The second-order valence-electron chi connectivity index (χ2n) is 4.35. The van der Waals surface area contributed by atoms with Crippen molar-refractivity contribution in [3.05, 3.63) is 51.9 Å². The van der Waals surface area contributed by atoms with E-state index in [4.69, 9.17) is 11.6 Å². The molecule has 1 aromatic carbocycles. The summed E-state index contributed by atoms with van der Waals surface area (Å²) in [6.07, 6.45) is 1.79. The van der Waals surface area contributed by atoms with Crippen LogP contribution in [0, 0.1) is 6.92 Å². The Bertz CT molecular complexity index is 574. The zero-order valence-corrected chi connectivity index (χ0v) is 13.2. The van der Waals surface area contributed by atoms with Crippen LogP contribution in [0.25, 0.3) is 0 Å². The summed E-state index contributed by atoms with van der Waals surface area (Å²) in [5, 5.41) is 0. The maximum absolute atomic E-state index is 5.95. The predicted octanol–water partition coefficient (Wildman–Crippen LogP) is 3.92. The number of aromatic nitrogens is 2. The first-order valence-corrected chi connectivity index (χ1v) is 7.27. The summed E-state index contributed by atoms with van der Waals surface area (Å²) in [7, 11) is 2.01. The van der Waals surface area contributed by atoms with Crippen LogP contribution in [-0.2, 0) is 12.4 Å². The van der Waals surface area contributed by atoms with Gasteiger partial charge in [-0.3, -0.25) is 0 Å². The fourth-order valence-corrected chi connectivity index (χ4v) is 2.46. The van der Waals surface area contributed by atoms with Crippen molar-refractivity contribution in [3.63, 3.8) is 0 Å². The topological polar surface area (TPSA) is 29.0 Å². The lowest BCUT2D eigenvalue weighted by molar-refractivity contribution is 0.864. The molecule has 0 aliphatic rings. The molecule has 19 heavy (non-hydrogen) atoms. The Morgan fingerprint density at radius 2 is 2.00 bits per heavy atom. The molecular weight excluding hydrogens is 326 g/mol. The molecule has 100 valence electrons. The number of halogens is 2. The van der Waals surface area contributed by atoms with E-state index in [-0.39, 0.29) is 0 Å². The highest BCUT2D eigenvalue weighted by molar-refractivity contribution is 9.10. The summed E-state index contributed by atoms with van der Waals surface area (Å²) in [5.74, 6) is 2.05. The molecule has 3 nitrogen and oxygen atoms in total. The molecule has 0 radical (unpaired) electrons. The van der Waals surface area contributed by atoms with E-state index in [1.807, 2.05) is 32.2 Å². The lowest BCUT2D eigenvalue weighted by Crippen LogP contribution is -2.20. The molecule has 0 saturated heterocycles. The Labute approximate surface area is 126 Å². The normalized spacial score (nSPS) is 10.5. The molecular formula is C14H15BrClN3. The lowest BCUT2D eigenvalue weighted by Gasteiger charge is -2.21. The van der Waals surface area contributed by atoms with Crippen LogP contribution in [-0.4, -0.2) is 17.0 Å². The monoisotopic (exact) mass is 339 g/mol. The van der Waals surface area contributed by atoms with E-state index in [9.17, 15) is 0 Å². The SMILES string of the molecule is Cc1ncc(CCl)c(N(C)Cc2ccccc2Br)n1. The van der Waals surface area contributed by atoms with Gasteiger partial charge in [-0.1, -0.05) is 34.1 Å². The number of rotatable bonds is 4. The van der Waals surface area contributed by atoms with Gasteiger partial charge in [0, 0.05) is 29.8 Å². The first-order valence-electron chi connectivity index (χ1n) is 5.95. The fraction of sp³-hybridized carbons (Fsp3) is 0.286. The number of aryl methyl sites for hydroxylation is 1. The van der Waals surface area contributed by atoms with Crippen molar-refractivity contribution < 1.29 is 0 Å². The Kier molecular flexibility index (Phi) is 4.77. The zero-order chi connectivity index (χ0) is 13.8. The minimum atomic E-state index is 0.413. The number of anilines is 1. The van der Waals surface area contributed by atoms with E-state index in [0.29, 0.717) is 5.88 Å². The van der Waals surface area contributed by atoms with E-state index >= 15 is 0 Å². The number of hydrogen-bond acceptors (Lipinski definition) is 3. The first-order chi connectivity index (χ1) is 9.11. The van der Waals surface area contributed by atoms with Gasteiger partial charge in [-0.15, -0.1) is 11.6 Å². The van der Waals surface area contributed by atoms with E-state index in [0.717, 1.165) is 28.2 Å². The van der Waals surface area contributed by atoms with E-state index in [1.165, 1.54) is 5.56 Å². The quantitative estimate of drug-likeness (QED) is 0.790. The van der Waals surface area contributed by atoms with Gasteiger partial charge < -0.3 is 4.90 Å². The molecule has 0 fully saturated rings. The van der Waals surface area contributed by atoms with Crippen molar-refractivity contribution in [2.75, 3.05) is 11.9 Å². The summed E-state index contributed by atoms with van der Waals surface area (Å²) >= 11 is 9.51. The van der Waals surface area contributed by atoms with Gasteiger partial charge in [-0.25, -0.2) is 9.97 Å². The van der Waals surface area contributed by atoms with Crippen molar-refractivity contribution in [1.29, 1.82) is 0 Å². The van der Waals surface area contributed by atoms with Gasteiger partial charge >= 0.3 is 0 Å². The van der Waals surface area contributed by atoms with Crippen LogP contribution < -0.4 is 4.90 Å². The van der Waals surface area contributed by atoms with E-state index in [2.05, 4.69) is 36.9 Å². The highest BCUT2D eigenvalue weighted by atomic mass is 79.9. The van der Waals surface area contributed by atoms with Crippen LogP contribution >= 0.6 is 27.5 Å². The Morgan fingerprint density at radius 1 is 1.26 bits per heavy atom. The Hall–Kier alpha value is -1.13. The highest BCUT2D eigenvalue weighted by Gasteiger charge is 2.11. The van der Waals surface area contributed by atoms with Crippen LogP contribution in [0.3, 0.4) is 0 Å². The van der Waals surface area contributed by atoms with Crippen molar-refractivity contribution in [2.24, 2.45) is 0 Å². The maximum Gasteiger partial charge on any atom is 0.136 e. The molecule has 0 spiro atoms. The highest BCUT2D eigenvalue weighted by Crippen LogP contribution is 2.23. The lowest BCUT2D eigenvalue weighted by atomic mass is 10.2. The van der Waals surface area contributed by atoms with Crippen molar-refractivity contribution in [1.82, 2.24) is 9.97 Å². The van der Waals surface area contributed by atoms with Gasteiger partial charge in [0.1, 0.15) is 11.6 Å². The third-order valence-electron chi connectivity index (χ3n) is 2.83. The summed E-state index contributed by atoms with van der Waals surface area (Å²) in [6, 6.07) is 8.17. The molecule has 0 amide bonds. The van der Waals surface area contributed by atoms with Crippen molar-refractivity contribution in [3.8, 4) is 0 Å². The molecule has 0 atom stereocenters. The van der Waals surface area contributed by atoms with Crippen molar-refractivity contribution >= 4 is 33.3 Å². The third kappa shape index (κ3) is 3.45. The summed E-state index contributed by atoms with van der Waals surface area (Å²) in [4.78, 5) is 10.8. The number of alkyl halides is 1. The Balaban J connectivity index is 2.27. The summed E-state index contributed by atoms with van der Waals surface area (Å²) in [6.45, 7) is 2.65. The third-order valence-corrected chi connectivity index (χ3v) is 3.89. The van der Waals surface area contributed by atoms with Gasteiger partial charge in [0.25, 0.3) is 0 Å². The summed E-state index contributed by atoms with van der Waals surface area (Å²) in [5.41, 5.74) is 2.16. The van der Waals surface area contributed by atoms with Gasteiger partial charge in [0.05, 0.1) is 5.88 Å². The van der Waals surface area contributed by atoms with Crippen LogP contribution in [0.1, 0.15) is 17.0 Å². The standard InChI is InChI=1S/C14H15BrClN3/c1-10-17-8-12(7-16)14(18-10)19(2)9-11-5-3-4-6-13(11)15/h3-6,8H,7,9H2,1-2H3. The molecule has 0 aliphatic heterocycles. The fourth-order valence-electron chi connectivity index (χ4n) is 1.86. The van der Waals surface area contributed by atoms with Crippen LogP contribution in [0.15, 0.2) is 34.9 Å². The number of benzene rings is 1. The minimum Gasteiger partial charge on any atom is -0.355 e. The average Bonchev–Trinajstić information content (AvgIpc) is 2.41. The molecule has 5 heteroatoms. The smallest absolute Gasteiger partial charge is 0.136 e. The van der Waals surface area contributed by atoms with Crippen LogP contribution in [0.5, 0.6) is 0 Å². The van der Waals surface area contributed by atoms with Gasteiger partial charge in [-0.2, -0.15) is 0 Å². The van der Waals surface area contributed by atoms with E-state index < -0.39 is 0 Å². The molecule has 0 N–H and O–H groups in total. The number of nitrogens with zero attached hydrogens (tertiary/aromatic N) is 3. The molecule has 0 saturated carbocycles. The average molecular weight is 341 g/mol. The summed E-state index contributed by atoms with van der Waals surface area (Å²) < 4.78 is 1.10. The molecule has 2 rings (SSSR count). The minimum absolute atomic E-state index is 0.413. The molecule has 2 aromatic rings. The van der Waals surface area contributed by atoms with Gasteiger partial charge in [0.2, 0.25) is 0 Å². The predicted molar refractivity (Wildman–Crippen MR) is 82.6 cm³/mol. The first kappa shape index (κ1) is 14.3. The molecule has 0 aliphatic carbocycles. The van der Waals surface area contributed by atoms with Crippen LogP contribution in [0.2, 0.25) is 0 Å². The zero-order valence-electron chi connectivity index (χ0n) is 10.9.